The Kier molecular flexibility index (Phi) is 4.80. The highest BCUT2D eigenvalue weighted by atomic mass is 79.9. The summed E-state index contributed by atoms with van der Waals surface area (Å²) >= 11 is 3.27. The molecule has 2 aromatic carbocycles. The second kappa shape index (κ2) is 6.39. The van der Waals surface area contributed by atoms with Gasteiger partial charge in [0.15, 0.2) is 0 Å². The van der Waals surface area contributed by atoms with E-state index < -0.39 is 10.0 Å². The number of benzene rings is 2. The minimum Gasteiger partial charge on any atom is -0.316 e. The van der Waals surface area contributed by atoms with E-state index in [0.29, 0.717) is 12.2 Å². The van der Waals surface area contributed by atoms with Gasteiger partial charge in [-0.25, -0.2) is 8.42 Å². The van der Waals surface area contributed by atoms with Gasteiger partial charge in [0.25, 0.3) is 10.0 Å². The first-order chi connectivity index (χ1) is 9.51. The smallest absolute Gasteiger partial charge is 0.261 e. The van der Waals surface area contributed by atoms with Crippen molar-refractivity contribution in [1.29, 1.82) is 0 Å². The summed E-state index contributed by atoms with van der Waals surface area (Å²) in [6.07, 6.45) is 0. The standard InChI is InChI=1S/C14H15BrN2O2S/c1-16-10-11-4-2-6-13(8-11)17-20(18,19)14-7-3-5-12(15)9-14/h2-9,16-17H,10H2,1H3. The molecule has 20 heavy (non-hydrogen) atoms. The van der Waals surface area contributed by atoms with Gasteiger partial charge in [-0.1, -0.05) is 34.1 Å². The molecule has 0 aromatic heterocycles. The largest absolute Gasteiger partial charge is 0.316 e. The summed E-state index contributed by atoms with van der Waals surface area (Å²) in [6.45, 7) is 0.687. The van der Waals surface area contributed by atoms with Crippen LogP contribution >= 0.6 is 15.9 Å². The first-order valence-corrected chi connectivity index (χ1v) is 8.31. The lowest BCUT2D eigenvalue weighted by Crippen LogP contribution is -2.13. The number of hydrogen-bond donors (Lipinski definition) is 2. The molecule has 0 spiro atoms. The van der Waals surface area contributed by atoms with Gasteiger partial charge in [-0.05, 0) is 42.9 Å². The molecular formula is C14H15BrN2O2S. The molecule has 0 aliphatic rings. The third kappa shape index (κ3) is 3.82. The maximum Gasteiger partial charge on any atom is 0.261 e. The summed E-state index contributed by atoms with van der Waals surface area (Å²) in [5.41, 5.74) is 1.57. The van der Waals surface area contributed by atoms with Gasteiger partial charge in [0.05, 0.1) is 4.90 Å². The zero-order valence-electron chi connectivity index (χ0n) is 10.9. The van der Waals surface area contributed by atoms with Crippen LogP contribution in [-0.4, -0.2) is 15.5 Å². The SMILES string of the molecule is CNCc1cccc(NS(=O)(=O)c2cccc(Br)c2)c1. The van der Waals surface area contributed by atoms with Crippen molar-refractivity contribution in [2.75, 3.05) is 11.8 Å². The molecule has 0 aliphatic heterocycles. The van der Waals surface area contributed by atoms with Crippen molar-refractivity contribution in [1.82, 2.24) is 5.32 Å². The van der Waals surface area contributed by atoms with E-state index in [4.69, 9.17) is 0 Å². The fourth-order valence-electron chi connectivity index (χ4n) is 1.80. The summed E-state index contributed by atoms with van der Waals surface area (Å²) in [4.78, 5) is 0.228. The molecule has 0 atom stereocenters. The second-order valence-corrected chi connectivity index (χ2v) is 6.89. The molecule has 0 amide bonds. The van der Waals surface area contributed by atoms with Gasteiger partial charge in [0.1, 0.15) is 0 Å². The lowest BCUT2D eigenvalue weighted by atomic mass is 10.2. The van der Waals surface area contributed by atoms with E-state index >= 15 is 0 Å². The third-order valence-corrected chi connectivity index (χ3v) is 4.54. The van der Waals surface area contributed by atoms with E-state index in [1.807, 2.05) is 25.2 Å². The molecule has 0 bridgehead atoms. The molecule has 0 heterocycles. The van der Waals surface area contributed by atoms with Gasteiger partial charge in [-0.15, -0.1) is 0 Å². The first kappa shape index (κ1) is 15.0. The Morgan fingerprint density at radius 2 is 1.85 bits per heavy atom. The Balaban J connectivity index is 2.26. The maximum absolute atomic E-state index is 12.3. The van der Waals surface area contributed by atoms with Crippen molar-refractivity contribution in [3.63, 3.8) is 0 Å². The highest BCUT2D eigenvalue weighted by molar-refractivity contribution is 9.10. The van der Waals surface area contributed by atoms with Crippen LogP contribution in [0.2, 0.25) is 0 Å². The van der Waals surface area contributed by atoms with Gasteiger partial charge in [0, 0.05) is 16.7 Å². The van der Waals surface area contributed by atoms with Gasteiger partial charge >= 0.3 is 0 Å². The monoisotopic (exact) mass is 354 g/mol. The van der Waals surface area contributed by atoms with Crippen LogP contribution in [0.25, 0.3) is 0 Å². The second-order valence-electron chi connectivity index (χ2n) is 4.29. The number of halogens is 1. The highest BCUT2D eigenvalue weighted by Gasteiger charge is 2.14. The van der Waals surface area contributed by atoms with E-state index in [1.165, 1.54) is 0 Å². The van der Waals surface area contributed by atoms with Crippen LogP contribution in [0, 0.1) is 0 Å². The van der Waals surface area contributed by atoms with Gasteiger partial charge < -0.3 is 5.32 Å². The summed E-state index contributed by atoms with van der Waals surface area (Å²) in [6, 6.07) is 13.9. The lowest BCUT2D eigenvalue weighted by Gasteiger charge is -2.09. The summed E-state index contributed by atoms with van der Waals surface area (Å²) < 4.78 is 27.9. The maximum atomic E-state index is 12.3. The minimum absolute atomic E-state index is 0.228. The Labute approximate surface area is 127 Å². The molecule has 4 nitrogen and oxygen atoms in total. The van der Waals surface area contributed by atoms with Crippen molar-refractivity contribution < 1.29 is 8.42 Å². The summed E-state index contributed by atoms with van der Waals surface area (Å²) in [5, 5.41) is 3.03. The zero-order valence-corrected chi connectivity index (χ0v) is 13.3. The zero-order chi connectivity index (χ0) is 14.6. The molecule has 2 N–H and O–H groups in total. The number of nitrogens with one attached hydrogen (secondary N) is 2. The average molecular weight is 355 g/mol. The van der Waals surface area contributed by atoms with Crippen LogP contribution in [0.15, 0.2) is 57.9 Å². The van der Waals surface area contributed by atoms with Crippen molar-refractivity contribution in [3.8, 4) is 0 Å². The van der Waals surface area contributed by atoms with Crippen LogP contribution in [-0.2, 0) is 16.6 Å². The Morgan fingerprint density at radius 3 is 2.55 bits per heavy atom. The molecule has 0 saturated carbocycles. The number of rotatable bonds is 5. The fourth-order valence-corrected chi connectivity index (χ4v) is 3.44. The normalized spacial score (nSPS) is 11.3. The molecular weight excluding hydrogens is 340 g/mol. The molecule has 0 unspecified atom stereocenters. The van der Waals surface area contributed by atoms with E-state index in [1.54, 1.807) is 30.3 Å². The highest BCUT2D eigenvalue weighted by Crippen LogP contribution is 2.20. The molecule has 2 rings (SSSR count). The van der Waals surface area contributed by atoms with E-state index in [-0.39, 0.29) is 4.90 Å². The summed E-state index contributed by atoms with van der Waals surface area (Å²) in [5.74, 6) is 0. The van der Waals surface area contributed by atoms with Gasteiger partial charge in [-0.2, -0.15) is 0 Å². The molecule has 0 fully saturated rings. The van der Waals surface area contributed by atoms with Crippen molar-refractivity contribution >= 4 is 31.6 Å². The Bertz CT molecular complexity index is 702. The number of anilines is 1. The fraction of sp³-hybridized carbons (Fsp3) is 0.143. The first-order valence-electron chi connectivity index (χ1n) is 6.03. The van der Waals surface area contributed by atoms with Crippen molar-refractivity contribution in [2.24, 2.45) is 0 Å². The van der Waals surface area contributed by atoms with Crippen LogP contribution < -0.4 is 10.0 Å². The van der Waals surface area contributed by atoms with Crippen molar-refractivity contribution in [3.05, 3.63) is 58.6 Å². The topological polar surface area (TPSA) is 58.2 Å². The van der Waals surface area contributed by atoms with Crippen LogP contribution in [0.3, 0.4) is 0 Å². The molecule has 0 aliphatic carbocycles. The van der Waals surface area contributed by atoms with E-state index in [2.05, 4.69) is 26.0 Å². The number of sulfonamides is 1. The van der Waals surface area contributed by atoms with Crippen LogP contribution in [0.5, 0.6) is 0 Å². The van der Waals surface area contributed by atoms with Crippen molar-refractivity contribution in [2.45, 2.75) is 11.4 Å². The van der Waals surface area contributed by atoms with E-state index in [0.717, 1.165) is 10.0 Å². The Morgan fingerprint density at radius 1 is 1.10 bits per heavy atom. The van der Waals surface area contributed by atoms with E-state index in [9.17, 15) is 8.42 Å². The van der Waals surface area contributed by atoms with Crippen LogP contribution in [0.1, 0.15) is 5.56 Å². The minimum atomic E-state index is -3.57. The molecule has 0 saturated heterocycles. The van der Waals surface area contributed by atoms with Crippen LogP contribution in [0.4, 0.5) is 5.69 Å². The molecule has 0 radical (unpaired) electrons. The Hall–Kier alpha value is -1.37. The summed E-state index contributed by atoms with van der Waals surface area (Å²) in [7, 11) is -1.72. The number of hydrogen-bond acceptors (Lipinski definition) is 3. The lowest BCUT2D eigenvalue weighted by molar-refractivity contribution is 0.601. The molecule has 6 heteroatoms. The predicted molar refractivity (Wildman–Crippen MR) is 84.2 cm³/mol. The quantitative estimate of drug-likeness (QED) is 0.867. The van der Waals surface area contributed by atoms with Gasteiger partial charge in [-0.3, -0.25) is 4.72 Å². The molecule has 2 aromatic rings. The molecule has 106 valence electrons. The third-order valence-electron chi connectivity index (χ3n) is 2.67. The average Bonchev–Trinajstić information content (AvgIpc) is 2.39. The predicted octanol–water partition coefficient (Wildman–Crippen LogP) is 2.97. The van der Waals surface area contributed by atoms with Gasteiger partial charge in [0.2, 0.25) is 0 Å².